The van der Waals surface area contributed by atoms with Crippen molar-refractivity contribution in [3.8, 4) is 0 Å². The van der Waals surface area contributed by atoms with Crippen molar-refractivity contribution in [1.82, 2.24) is 0 Å². The van der Waals surface area contributed by atoms with E-state index < -0.39 is 0 Å². The van der Waals surface area contributed by atoms with Gasteiger partial charge in [-0.3, -0.25) is 0 Å². The zero-order chi connectivity index (χ0) is 17.3. The molecule has 0 saturated heterocycles. The molecule has 3 nitrogen and oxygen atoms in total. The van der Waals surface area contributed by atoms with Crippen LogP contribution < -0.4 is 0 Å². The van der Waals surface area contributed by atoms with Crippen molar-refractivity contribution < 1.29 is 14.2 Å². The van der Waals surface area contributed by atoms with Gasteiger partial charge in [0.15, 0.2) is 0 Å². The first-order valence-corrected chi connectivity index (χ1v) is 9.63. The summed E-state index contributed by atoms with van der Waals surface area (Å²) in [5.41, 5.74) is -0.0437. The van der Waals surface area contributed by atoms with E-state index >= 15 is 0 Å². The van der Waals surface area contributed by atoms with Crippen molar-refractivity contribution in [2.75, 3.05) is 26.4 Å². The predicted octanol–water partition coefficient (Wildman–Crippen LogP) is 5.08. The first-order chi connectivity index (χ1) is 10.8. The lowest BCUT2D eigenvalue weighted by molar-refractivity contribution is -0.0459. The number of ether oxygens (including phenoxy) is 3. The molecule has 0 aliphatic heterocycles. The highest BCUT2D eigenvalue weighted by atomic mass is 16.5. The minimum absolute atomic E-state index is 0.0437. The van der Waals surface area contributed by atoms with E-state index in [4.69, 9.17) is 14.2 Å². The van der Waals surface area contributed by atoms with Gasteiger partial charge in [-0.15, -0.1) is 0 Å². The molecule has 1 aliphatic rings. The molecule has 0 aromatic rings. The molecular weight excluding hydrogens is 288 g/mol. The minimum atomic E-state index is -0.0437. The maximum Gasteiger partial charge on any atom is 0.0608 e. The molecule has 0 spiro atoms. The SMILES string of the molecule is CC1CCC(C(C)C)C(OCCCOCCCOC(C)(C)C)C1. The lowest BCUT2D eigenvalue weighted by Gasteiger charge is -2.37. The van der Waals surface area contributed by atoms with Gasteiger partial charge in [0.05, 0.1) is 11.7 Å². The zero-order valence-electron chi connectivity index (χ0n) is 16.4. The minimum Gasteiger partial charge on any atom is -0.381 e. The van der Waals surface area contributed by atoms with Gasteiger partial charge in [-0.05, 0) is 64.2 Å². The number of hydrogen-bond donors (Lipinski definition) is 0. The highest BCUT2D eigenvalue weighted by Crippen LogP contribution is 2.35. The molecule has 0 bridgehead atoms. The Labute approximate surface area is 144 Å². The second-order valence-electron chi connectivity index (χ2n) is 8.52. The lowest BCUT2D eigenvalue weighted by atomic mass is 9.75. The molecular formula is C20H40O3. The van der Waals surface area contributed by atoms with Crippen molar-refractivity contribution in [3.05, 3.63) is 0 Å². The Kier molecular flexibility index (Phi) is 9.72. The fourth-order valence-corrected chi connectivity index (χ4v) is 3.34. The maximum absolute atomic E-state index is 6.19. The molecule has 23 heavy (non-hydrogen) atoms. The quantitative estimate of drug-likeness (QED) is 0.524. The van der Waals surface area contributed by atoms with Gasteiger partial charge in [-0.2, -0.15) is 0 Å². The van der Waals surface area contributed by atoms with Gasteiger partial charge >= 0.3 is 0 Å². The molecule has 138 valence electrons. The Morgan fingerprint density at radius 2 is 1.61 bits per heavy atom. The van der Waals surface area contributed by atoms with Crippen molar-refractivity contribution in [2.45, 2.75) is 85.4 Å². The van der Waals surface area contributed by atoms with Crippen LogP contribution in [0.25, 0.3) is 0 Å². The molecule has 3 unspecified atom stereocenters. The Hall–Kier alpha value is -0.120. The highest BCUT2D eigenvalue weighted by molar-refractivity contribution is 4.81. The van der Waals surface area contributed by atoms with Crippen molar-refractivity contribution in [1.29, 1.82) is 0 Å². The number of rotatable bonds is 10. The normalized spacial score (nSPS) is 26.0. The highest BCUT2D eigenvalue weighted by Gasteiger charge is 2.31. The first kappa shape index (κ1) is 20.9. The zero-order valence-corrected chi connectivity index (χ0v) is 16.4. The Morgan fingerprint density at radius 3 is 2.22 bits per heavy atom. The summed E-state index contributed by atoms with van der Waals surface area (Å²) >= 11 is 0. The van der Waals surface area contributed by atoms with Crippen LogP contribution in [-0.4, -0.2) is 38.1 Å². The molecule has 0 heterocycles. The summed E-state index contributed by atoms with van der Waals surface area (Å²) in [6.07, 6.45) is 6.34. The second-order valence-corrected chi connectivity index (χ2v) is 8.52. The monoisotopic (exact) mass is 328 g/mol. The fraction of sp³-hybridized carbons (Fsp3) is 1.00. The Balaban J connectivity index is 2.03. The van der Waals surface area contributed by atoms with Gasteiger partial charge in [0.25, 0.3) is 0 Å². The fourth-order valence-electron chi connectivity index (χ4n) is 3.34. The smallest absolute Gasteiger partial charge is 0.0608 e. The summed E-state index contributed by atoms with van der Waals surface area (Å²) in [5, 5.41) is 0. The van der Waals surface area contributed by atoms with Gasteiger partial charge in [-0.25, -0.2) is 0 Å². The molecule has 0 amide bonds. The van der Waals surface area contributed by atoms with Crippen molar-refractivity contribution in [2.24, 2.45) is 17.8 Å². The second kappa shape index (κ2) is 10.7. The summed E-state index contributed by atoms with van der Waals surface area (Å²) in [4.78, 5) is 0. The van der Waals surface area contributed by atoms with Crippen LogP contribution >= 0.6 is 0 Å². The maximum atomic E-state index is 6.19. The van der Waals surface area contributed by atoms with Crippen LogP contribution in [0.1, 0.15) is 73.6 Å². The summed E-state index contributed by atoms with van der Waals surface area (Å²) in [6.45, 7) is 16.5. The Bertz CT molecular complexity index is 296. The third-order valence-electron chi connectivity index (χ3n) is 4.69. The van der Waals surface area contributed by atoms with Gasteiger partial charge in [0.2, 0.25) is 0 Å². The van der Waals surface area contributed by atoms with Gasteiger partial charge < -0.3 is 14.2 Å². The number of hydrogen-bond acceptors (Lipinski definition) is 3. The first-order valence-electron chi connectivity index (χ1n) is 9.63. The summed E-state index contributed by atoms with van der Waals surface area (Å²) < 4.78 is 17.5. The molecule has 1 rings (SSSR count). The topological polar surface area (TPSA) is 27.7 Å². The molecule has 3 heteroatoms. The molecule has 0 aromatic heterocycles. The van der Waals surface area contributed by atoms with E-state index in [1.807, 2.05) is 0 Å². The van der Waals surface area contributed by atoms with Gasteiger partial charge in [0, 0.05) is 26.4 Å². The summed E-state index contributed by atoms with van der Waals surface area (Å²) in [5.74, 6) is 2.28. The van der Waals surface area contributed by atoms with Crippen LogP contribution in [0.5, 0.6) is 0 Å². The standard InChI is InChI=1S/C20H40O3/c1-16(2)18-10-9-17(3)15-19(18)22-13-7-11-21-12-8-14-23-20(4,5)6/h16-19H,7-15H2,1-6H3. The average Bonchev–Trinajstić information content (AvgIpc) is 2.44. The van der Waals surface area contributed by atoms with E-state index in [-0.39, 0.29) is 5.60 Å². The third kappa shape index (κ3) is 9.69. The summed E-state index contributed by atoms with van der Waals surface area (Å²) in [6, 6.07) is 0. The van der Waals surface area contributed by atoms with Crippen LogP contribution in [0.2, 0.25) is 0 Å². The van der Waals surface area contributed by atoms with E-state index in [0.29, 0.717) is 6.10 Å². The van der Waals surface area contributed by atoms with E-state index in [9.17, 15) is 0 Å². The summed E-state index contributed by atoms with van der Waals surface area (Å²) in [7, 11) is 0. The van der Waals surface area contributed by atoms with E-state index in [1.54, 1.807) is 0 Å². The molecule has 1 aliphatic carbocycles. The van der Waals surface area contributed by atoms with Crippen LogP contribution in [0.3, 0.4) is 0 Å². The lowest BCUT2D eigenvalue weighted by Crippen LogP contribution is -2.34. The molecule has 1 fully saturated rings. The van der Waals surface area contributed by atoms with Crippen LogP contribution in [0.4, 0.5) is 0 Å². The van der Waals surface area contributed by atoms with Crippen LogP contribution in [-0.2, 0) is 14.2 Å². The Morgan fingerprint density at radius 1 is 0.957 bits per heavy atom. The van der Waals surface area contributed by atoms with Gasteiger partial charge in [0.1, 0.15) is 0 Å². The third-order valence-corrected chi connectivity index (χ3v) is 4.69. The molecule has 3 atom stereocenters. The molecule has 1 saturated carbocycles. The molecule has 0 N–H and O–H groups in total. The largest absolute Gasteiger partial charge is 0.381 e. The van der Waals surface area contributed by atoms with E-state index in [2.05, 4.69) is 41.5 Å². The van der Waals surface area contributed by atoms with E-state index in [0.717, 1.165) is 57.0 Å². The molecule has 0 radical (unpaired) electrons. The van der Waals surface area contributed by atoms with Crippen LogP contribution in [0.15, 0.2) is 0 Å². The predicted molar refractivity (Wildman–Crippen MR) is 96.8 cm³/mol. The van der Waals surface area contributed by atoms with Crippen LogP contribution in [0, 0.1) is 17.8 Å². The average molecular weight is 329 g/mol. The van der Waals surface area contributed by atoms with Crippen molar-refractivity contribution >= 4 is 0 Å². The molecule has 0 aromatic carbocycles. The van der Waals surface area contributed by atoms with E-state index in [1.165, 1.54) is 19.3 Å². The van der Waals surface area contributed by atoms with Gasteiger partial charge in [-0.1, -0.05) is 27.2 Å². The van der Waals surface area contributed by atoms with Crippen molar-refractivity contribution in [3.63, 3.8) is 0 Å².